The molecule has 1 saturated heterocycles. The third kappa shape index (κ3) is 2.74. The summed E-state index contributed by atoms with van der Waals surface area (Å²) >= 11 is 2.40. The molecule has 0 N–H and O–H groups in total. The maximum absolute atomic E-state index is 12.5. The van der Waals surface area contributed by atoms with Gasteiger partial charge in [-0.1, -0.05) is 11.3 Å². The first kappa shape index (κ1) is 15.4. The van der Waals surface area contributed by atoms with Crippen molar-refractivity contribution in [3.8, 4) is 5.19 Å². The molecule has 1 fully saturated rings. The molecule has 0 unspecified atom stereocenters. The predicted octanol–water partition coefficient (Wildman–Crippen LogP) is 1.44. The monoisotopic (exact) mass is 360 g/mol. The van der Waals surface area contributed by atoms with Gasteiger partial charge in [0.15, 0.2) is 0 Å². The second-order valence-electron chi connectivity index (χ2n) is 4.47. The molecular formula is C12H12N2O5S3. The van der Waals surface area contributed by atoms with Gasteiger partial charge >= 0.3 is 5.97 Å². The van der Waals surface area contributed by atoms with E-state index in [0.29, 0.717) is 5.19 Å². The Labute approximate surface area is 135 Å². The maximum Gasteiger partial charge on any atom is 0.349 e. The van der Waals surface area contributed by atoms with Crippen LogP contribution in [0.5, 0.6) is 5.19 Å². The fourth-order valence-electron chi connectivity index (χ4n) is 1.96. The summed E-state index contributed by atoms with van der Waals surface area (Å²) in [5, 5.41) is 3.87. The lowest BCUT2D eigenvalue weighted by atomic mass is 10.2. The first-order chi connectivity index (χ1) is 10.5. The Morgan fingerprint density at radius 1 is 1.36 bits per heavy atom. The molecule has 1 aliphatic heterocycles. The van der Waals surface area contributed by atoms with Gasteiger partial charge in [0.25, 0.3) is 5.19 Å². The molecule has 0 aromatic carbocycles. The molecule has 1 aliphatic rings. The smallest absolute Gasteiger partial charge is 0.349 e. The van der Waals surface area contributed by atoms with Crippen molar-refractivity contribution in [1.29, 1.82) is 0 Å². The zero-order valence-electron chi connectivity index (χ0n) is 11.5. The van der Waals surface area contributed by atoms with Gasteiger partial charge in [0, 0.05) is 11.6 Å². The summed E-state index contributed by atoms with van der Waals surface area (Å²) in [5.41, 5.74) is 0. The maximum atomic E-state index is 12.5. The van der Waals surface area contributed by atoms with Crippen LogP contribution in [0.3, 0.4) is 0 Å². The number of ether oxygens (including phenoxy) is 2. The average Bonchev–Trinajstić information content (AvgIpc) is 3.12. The Morgan fingerprint density at radius 3 is 2.77 bits per heavy atom. The molecule has 22 heavy (non-hydrogen) atoms. The molecule has 0 radical (unpaired) electrons. The molecule has 0 atom stereocenters. The van der Waals surface area contributed by atoms with Crippen molar-refractivity contribution in [2.24, 2.45) is 0 Å². The molecule has 3 rings (SSSR count). The van der Waals surface area contributed by atoms with Crippen LogP contribution in [0, 0.1) is 0 Å². The normalized spacial score (nSPS) is 16.2. The fourth-order valence-corrected chi connectivity index (χ4v) is 5.33. The summed E-state index contributed by atoms with van der Waals surface area (Å²) in [4.78, 5) is 15.7. The highest BCUT2D eigenvalue weighted by atomic mass is 32.2. The Balaban J connectivity index is 1.70. The molecule has 7 nitrogen and oxygen atoms in total. The largest absolute Gasteiger partial charge is 0.465 e. The highest BCUT2D eigenvalue weighted by Crippen LogP contribution is 2.30. The summed E-state index contributed by atoms with van der Waals surface area (Å²) in [7, 11) is -2.49. The van der Waals surface area contributed by atoms with Crippen molar-refractivity contribution in [1.82, 2.24) is 9.29 Å². The van der Waals surface area contributed by atoms with Crippen LogP contribution >= 0.6 is 22.7 Å². The summed E-state index contributed by atoms with van der Waals surface area (Å²) in [6.07, 6.45) is 1.40. The lowest BCUT2D eigenvalue weighted by Gasteiger charge is -2.36. The topological polar surface area (TPSA) is 85.8 Å². The van der Waals surface area contributed by atoms with Crippen molar-refractivity contribution in [3.05, 3.63) is 27.9 Å². The van der Waals surface area contributed by atoms with Gasteiger partial charge in [-0.3, -0.25) is 0 Å². The number of hydrogen-bond donors (Lipinski definition) is 0. The van der Waals surface area contributed by atoms with E-state index in [9.17, 15) is 13.2 Å². The number of methoxy groups -OCH3 is 1. The molecule has 2 aromatic rings. The van der Waals surface area contributed by atoms with Crippen molar-refractivity contribution < 1.29 is 22.7 Å². The molecule has 0 aliphatic carbocycles. The van der Waals surface area contributed by atoms with Gasteiger partial charge < -0.3 is 9.47 Å². The first-order valence-electron chi connectivity index (χ1n) is 6.24. The minimum absolute atomic E-state index is 0.0166. The second kappa shape index (κ2) is 5.95. The number of carbonyl (C=O) groups is 1. The van der Waals surface area contributed by atoms with Crippen LogP contribution < -0.4 is 4.74 Å². The molecular weight excluding hydrogens is 348 g/mol. The van der Waals surface area contributed by atoms with E-state index in [0.717, 1.165) is 11.3 Å². The first-order valence-corrected chi connectivity index (χ1v) is 9.44. The Morgan fingerprint density at radius 2 is 2.14 bits per heavy atom. The molecule has 3 heterocycles. The van der Waals surface area contributed by atoms with E-state index in [1.807, 2.05) is 0 Å². The number of aromatic nitrogens is 1. The van der Waals surface area contributed by atoms with Crippen molar-refractivity contribution in [2.45, 2.75) is 11.0 Å². The Bertz CT molecular complexity index is 763. The van der Waals surface area contributed by atoms with Gasteiger partial charge in [0.05, 0.1) is 20.2 Å². The summed E-state index contributed by atoms with van der Waals surface area (Å²) in [6.45, 7) is 0.469. The lowest BCUT2D eigenvalue weighted by Crippen LogP contribution is -2.56. The molecule has 0 bridgehead atoms. The second-order valence-corrected chi connectivity index (χ2v) is 8.15. The Hall–Kier alpha value is -1.49. The highest BCUT2D eigenvalue weighted by molar-refractivity contribution is 7.89. The fraction of sp³-hybridized carbons (Fsp3) is 0.333. The molecule has 2 aromatic heterocycles. The molecule has 0 saturated carbocycles. The zero-order valence-corrected chi connectivity index (χ0v) is 13.9. The third-order valence-corrected chi connectivity index (χ3v) is 6.67. The minimum Gasteiger partial charge on any atom is -0.465 e. The van der Waals surface area contributed by atoms with Crippen LogP contribution in [0.1, 0.15) is 9.67 Å². The van der Waals surface area contributed by atoms with E-state index in [2.05, 4.69) is 9.72 Å². The molecule has 0 spiro atoms. The van der Waals surface area contributed by atoms with Crippen molar-refractivity contribution in [2.75, 3.05) is 20.2 Å². The van der Waals surface area contributed by atoms with Crippen molar-refractivity contribution >= 4 is 38.7 Å². The SMILES string of the molecule is COC(=O)c1sccc1S(=O)(=O)N1CC(Oc2nccs2)C1. The zero-order chi connectivity index (χ0) is 15.7. The number of thiazole rings is 1. The van der Waals surface area contributed by atoms with Gasteiger partial charge in [0.2, 0.25) is 10.0 Å². The van der Waals surface area contributed by atoms with Crippen LogP contribution in [-0.2, 0) is 14.8 Å². The van der Waals surface area contributed by atoms with Crippen LogP contribution in [-0.4, -0.2) is 50.0 Å². The Kier molecular flexibility index (Phi) is 4.17. The van der Waals surface area contributed by atoms with Crippen LogP contribution in [0.4, 0.5) is 0 Å². The van der Waals surface area contributed by atoms with E-state index in [1.54, 1.807) is 17.0 Å². The minimum atomic E-state index is -3.71. The lowest BCUT2D eigenvalue weighted by molar-refractivity contribution is 0.0600. The van der Waals surface area contributed by atoms with E-state index in [-0.39, 0.29) is 29.0 Å². The van der Waals surface area contributed by atoms with Crippen LogP contribution in [0.2, 0.25) is 0 Å². The van der Waals surface area contributed by atoms with Gasteiger partial charge in [0.1, 0.15) is 15.9 Å². The number of carbonyl (C=O) groups excluding carboxylic acids is 1. The summed E-state index contributed by atoms with van der Waals surface area (Å²) in [6, 6.07) is 1.42. The van der Waals surface area contributed by atoms with E-state index in [4.69, 9.17) is 4.74 Å². The molecule has 10 heteroatoms. The number of sulfonamides is 1. The molecule has 118 valence electrons. The quantitative estimate of drug-likeness (QED) is 0.750. The van der Waals surface area contributed by atoms with E-state index >= 15 is 0 Å². The van der Waals surface area contributed by atoms with Crippen LogP contribution in [0.25, 0.3) is 0 Å². The van der Waals surface area contributed by atoms with E-state index < -0.39 is 16.0 Å². The standard InChI is InChI=1S/C12H12N2O5S3/c1-18-11(15)10-9(2-4-20-10)22(16,17)14-6-8(7-14)19-12-13-3-5-21-12/h2-5,8H,6-7H2,1H3. The third-order valence-electron chi connectivity index (χ3n) is 3.11. The van der Waals surface area contributed by atoms with Gasteiger partial charge in [-0.25, -0.2) is 18.2 Å². The predicted molar refractivity (Wildman–Crippen MR) is 80.9 cm³/mol. The highest BCUT2D eigenvalue weighted by Gasteiger charge is 2.40. The average molecular weight is 360 g/mol. The number of thiophene rings is 1. The van der Waals surface area contributed by atoms with Crippen LogP contribution in [0.15, 0.2) is 27.9 Å². The number of esters is 1. The number of rotatable bonds is 5. The summed E-state index contributed by atoms with van der Waals surface area (Å²) in [5.74, 6) is -0.648. The molecule has 0 amide bonds. The van der Waals surface area contributed by atoms with Gasteiger partial charge in [-0.2, -0.15) is 4.31 Å². The number of hydrogen-bond acceptors (Lipinski definition) is 8. The van der Waals surface area contributed by atoms with E-state index in [1.165, 1.54) is 28.8 Å². The van der Waals surface area contributed by atoms with Crippen molar-refractivity contribution in [3.63, 3.8) is 0 Å². The van der Waals surface area contributed by atoms with Gasteiger partial charge in [-0.05, 0) is 11.4 Å². The summed E-state index contributed by atoms with van der Waals surface area (Å²) < 4.78 is 36.5. The van der Waals surface area contributed by atoms with Gasteiger partial charge in [-0.15, -0.1) is 11.3 Å². The number of nitrogens with zero attached hydrogens (tertiary/aromatic N) is 2.